The van der Waals surface area contributed by atoms with Crippen LogP contribution in [-0.4, -0.2) is 40.4 Å². The van der Waals surface area contributed by atoms with Gasteiger partial charge in [0, 0.05) is 30.0 Å². The number of methoxy groups -OCH3 is 2. The first kappa shape index (κ1) is 26.1. The average Bonchev–Trinajstić information content (AvgIpc) is 2.82. The summed E-state index contributed by atoms with van der Waals surface area (Å²) in [6.45, 7) is 0.152. The van der Waals surface area contributed by atoms with Gasteiger partial charge in [0.1, 0.15) is 5.69 Å². The Kier molecular flexibility index (Phi) is 8.39. The van der Waals surface area contributed by atoms with Crippen molar-refractivity contribution in [2.24, 2.45) is 5.73 Å². The summed E-state index contributed by atoms with van der Waals surface area (Å²) in [6.07, 6.45) is -2.75. The number of pyridine rings is 1. The van der Waals surface area contributed by atoms with Gasteiger partial charge in [-0.05, 0) is 36.2 Å². The number of hydrogen-bond acceptors (Lipinski definition) is 7. The highest BCUT2D eigenvalue weighted by Crippen LogP contribution is 2.32. The molecule has 35 heavy (non-hydrogen) atoms. The van der Waals surface area contributed by atoms with Crippen molar-refractivity contribution in [3.63, 3.8) is 0 Å². The summed E-state index contributed by atoms with van der Waals surface area (Å²) in [5, 5.41) is -0.0862. The minimum atomic E-state index is -4.69. The van der Waals surface area contributed by atoms with Crippen LogP contribution >= 0.6 is 11.8 Å². The van der Waals surface area contributed by atoms with Gasteiger partial charge in [0.15, 0.2) is 16.7 Å². The van der Waals surface area contributed by atoms with E-state index in [0.717, 1.165) is 23.4 Å². The molecule has 2 heterocycles. The number of benzene rings is 1. The normalized spacial score (nSPS) is 11.3. The Bertz CT molecular complexity index is 1260. The van der Waals surface area contributed by atoms with E-state index in [9.17, 15) is 22.8 Å². The third-order valence-electron chi connectivity index (χ3n) is 4.87. The fourth-order valence-electron chi connectivity index (χ4n) is 3.17. The summed E-state index contributed by atoms with van der Waals surface area (Å²) >= 11 is 0.995. The van der Waals surface area contributed by atoms with E-state index >= 15 is 0 Å². The van der Waals surface area contributed by atoms with E-state index in [1.807, 2.05) is 0 Å². The van der Waals surface area contributed by atoms with Gasteiger partial charge in [-0.15, -0.1) is 0 Å². The molecular weight excluding hydrogens is 485 g/mol. The number of nitrogens with zero attached hydrogens (tertiary/aromatic N) is 3. The van der Waals surface area contributed by atoms with Crippen molar-refractivity contribution in [1.82, 2.24) is 14.5 Å². The number of nitrogens with two attached hydrogens (primary N) is 1. The number of primary amides is 1. The molecule has 0 aliphatic rings. The molecule has 186 valence electrons. The Morgan fingerprint density at radius 1 is 1.09 bits per heavy atom. The van der Waals surface area contributed by atoms with Gasteiger partial charge in [0.25, 0.3) is 5.56 Å². The molecule has 1 aromatic carbocycles. The molecule has 0 spiro atoms. The minimum absolute atomic E-state index is 0.0192. The molecule has 0 fully saturated rings. The van der Waals surface area contributed by atoms with Gasteiger partial charge in [-0.3, -0.25) is 9.59 Å². The van der Waals surface area contributed by atoms with E-state index in [2.05, 4.69) is 9.97 Å². The van der Waals surface area contributed by atoms with E-state index in [0.29, 0.717) is 29.2 Å². The average molecular weight is 509 g/mol. The minimum Gasteiger partial charge on any atom is -0.493 e. The van der Waals surface area contributed by atoms with Crippen LogP contribution in [-0.2, 0) is 17.5 Å². The molecular formula is C23H23F3N4O4S. The second-order valence-corrected chi connectivity index (χ2v) is 8.47. The second kappa shape index (κ2) is 11.3. The smallest absolute Gasteiger partial charge is 0.433 e. The standard InChI is InChI=1S/C23H23F3N4O4S/c1-33-17-7-5-14(10-18(17)34-2)12-30-13-15(6-8-21(30)32)16-11-19(23(24,25)26)29-22(28-16)35-9-3-4-20(27)31/h5-8,10-11,13H,3-4,9,12H2,1-2H3,(H2,27,31). The number of thioether (sulfide) groups is 1. The van der Waals surface area contributed by atoms with E-state index in [1.54, 1.807) is 18.2 Å². The molecule has 0 unspecified atom stereocenters. The topological polar surface area (TPSA) is 109 Å². The lowest BCUT2D eigenvalue weighted by atomic mass is 10.1. The highest BCUT2D eigenvalue weighted by molar-refractivity contribution is 7.99. The first-order valence-electron chi connectivity index (χ1n) is 10.4. The molecule has 3 rings (SSSR count). The van der Waals surface area contributed by atoms with Crippen LogP contribution in [0.4, 0.5) is 13.2 Å². The van der Waals surface area contributed by atoms with Crippen LogP contribution in [0.15, 0.2) is 52.5 Å². The maximum Gasteiger partial charge on any atom is 0.433 e. The van der Waals surface area contributed by atoms with Crippen LogP contribution < -0.4 is 20.8 Å². The number of ether oxygens (including phenoxy) is 2. The summed E-state index contributed by atoms with van der Waals surface area (Å²) < 4.78 is 52.3. The van der Waals surface area contributed by atoms with Crippen molar-refractivity contribution >= 4 is 17.7 Å². The Morgan fingerprint density at radius 2 is 1.83 bits per heavy atom. The largest absolute Gasteiger partial charge is 0.493 e. The molecule has 2 N–H and O–H groups in total. The Balaban J connectivity index is 1.94. The summed E-state index contributed by atoms with van der Waals surface area (Å²) in [5.74, 6) is 0.840. The van der Waals surface area contributed by atoms with Crippen molar-refractivity contribution in [3.05, 3.63) is 64.2 Å². The summed E-state index contributed by atoms with van der Waals surface area (Å²) in [4.78, 5) is 31.2. The van der Waals surface area contributed by atoms with Crippen molar-refractivity contribution in [3.8, 4) is 22.8 Å². The number of carbonyl (C=O) groups excluding carboxylic acids is 1. The predicted molar refractivity (Wildman–Crippen MR) is 125 cm³/mol. The molecule has 8 nitrogen and oxygen atoms in total. The fraction of sp³-hybridized carbons (Fsp3) is 0.304. The fourth-order valence-corrected chi connectivity index (χ4v) is 3.97. The molecule has 0 aliphatic heterocycles. The molecule has 0 radical (unpaired) electrons. The van der Waals surface area contributed by atoms with Crippen molar-refractivity contribution < 1.29 is 27.4 Å². The third kappa shape index (κ3) is 6.98. The maximum absolute atomic E-state index is 13.5. The Labute approximate surface area is 203 Å². The number of alkyl halides is 3. The number of carbonyl (C=O) groups is 1. The summed E-state index contributed by atoms with van der Waals surface area (Å²) in [6, 6.07) is 8.69. The summed E-state index contributed by atoms with van der Waals surface area (Å²) in [7, 11) is 3.00. The van der Waals surface area contributed by atoms with E-state index in [-0.39, 0.29) is 29.4 Å². The van der Waals surface area contributed by atoms with Crippen LogP contribution in [0.3, 0.4) is 0 Å². The number of hydrogen-bond donors (Lipinski definition) is 1. The van der Waals surface area contributed by atoms with Crippen molar-refractivity contribution in [1.29, 1.82) is 0 Å². The lowest BCUT2D eigenvalue weighted by Gasteiger charge is -2.13. The van der Waals surface area contributed by atoms with E-state index < -0.39 is 17.8 Å². The van der Waals surface area contributed by atoms with Crippen LogP contribution in [0, 0.1) is 0 Å². The zero-order valence-electron chi connectivity index (χ0n) is 19.0. The molecule has 1 amide bonds. The number of amides is 1. The van der Waals surface area contributed by atoms with Gasteiger partial charge in [-0.1, -0.05) is 17.8 Å². The van der Waals surface area contributed by atoms with Crippen LogP contribution in [0.1, 0.15) is 24.1 Å². The third-order valence-corrected chi connectivity index (χ3v) is 5.81. The monoisotopic (exact) mass is 508 g/mol. The number of aromatic nitrogens is 3. The molecule has 0 aliphatic carbocycles. The van der Waals surface area contributed by atoms with E-state index in [4.69, 9.17) is 15.2 Å². The van der Waals surface area contributed by atoms with Gasteiger partial charge in [0.05, 0.1) is 26.5 Å². The zero-order chi connectivity index (χ0) is 25.6. The highest BCUT2D eigenvalue weighted by atomic mass is 32.2. The van der Waals surface area contributed by atoms with Gasteiger partial charge < -0.3 is 19.8 Å². The van der Waals surface area contributed by atoms with Crippen molar-refractivity contribution in [2.45, 2.75) is 30.7 Å². The molecule has 0 saturated carbocycles. The predicted octanol–water partition coefficient (Wildman–Crippen LogP) is 3.75. The highest BCUT2D eigenvalue weighted by Gasteiger charge is 2.34. The molecule has 0 bridgehead atoms. The van der Waals surface area contributed by atoms with Gasteiger partial charge in [-0.2, -0.15) is 13.2 Å². The molecule has 0 saturated heterocycles. The van der Waals surface area contributed by atoms with E-state index in [1.165, 1.54) is 37.1 Å². The maximum atomic E-state index is 13.5. The molecule has 12 heteroatoms. The van der Waals surface area contributed by atoms with Crippen molar-refractivity contribution in [2.75, 3.05) is 20.0 Å². The Hall–Kier alpha value is -3.54. The first-order valence-corrected chi connectivity index (χ1v) is 11.4. The van der Waals surface area contributed by atoms with Crippen LogP contribution in [0.2, 0.25) is 0 Å². The van der Waals surface area contributed by atoms with Gasteiger partial charge in [0.2, 0.25) is 5.91 Å². The SMILES string of the molecule is COc1ccc(Cn2cc(-c3cc(C(F)(F)F)nc(SCCCC(N)=O)n3)ccc2=O)cc1OC. The first-order chi connectivity index (χ1) is 16.6. The van der Waals surface area contributed by atoms with Gasteiger partial charge >= 0.3 is 6.18 Å². The lowest BCUT2D eigenvalue weighted by molar-refractivity contribution is -0.141. The number of rotatable bonds is 10. The van der Waals surface area contributed by atoms with Crippen LogP contribution in [0.25, 0.3) is 11.3 Å². The molecule has 0 atom stereocenters. The zero-order valence-corrected chi connectivity index (χ0v) is 19.8. The lowest BCUT2D eigenvalue weighted by Crippen LogP contribution is -2.19. The van der Waals surface area contributed by atoms with Gasteiger partial charge in [-0.25, -0.2) is 9.97 Å². The molecule has 2 aromatic heterocycles. The quantitative estimate of drug-likeness (QED) is 0.252. The summed E-state index contributed by atoms with van der Waals surface area (Å²) in [5.41, 5.74) is 4.72. The second-order valence-electron chi connectivity index (χ2n) is 7.41. The molecule has 3 aromatic rings. The van der Waals surface area contributed by atoms with Crippen LogP contribution in [0.5, 0.6) is 11.5 Å². The number of halogens is 3. The Morgan fingerprint density at radius 3 is 2.49 bits per heavy atom.